The summed E-state index contributed by atoms with van der Waals surface area (Å²) in [6.45, 7) is 0.293. The van der Waals surface area contributed by atoms with E-state index in [1.807, 2.05) is 12.1 Å². The van der Waals surface area contributed by atoms with E-state index >= 15 is 0 Å². The number of hydrogen-bond acceptors (Lipinski definition) is 5. The highest BCUT2D eigenvalue weighted by Gasteiger charge is 2.24. The molecule has 1 fully saturated rings. The molecule has 9 heteroatoms. The summed E-state index contributed by atoms with van der Waals surface area (Å²) in [4.78, 5) is 36.0. The average molecular weight is 465 g/mol. The van der Waals surface area contributed by atoms with Crippen LogP contribution in [0, 0.1) is 10.1 Å². The predicted molar refractivity (Wildman–Crippen MR) is 127 cm³/mol. The molecule has 0 unspecified atom stereocenters. The lowest BCUT2D eigenvalue weighted by Gasteiger charge is -2.11. The normalized spacial score (nSPS) is 12.6. The van der Waals surface area contributed by atoms with Gasteiger partial charge in [0.2, 0.25) is 0 Å². The lowest BCUT2D eigenvalue weighted by molar-refractivity contribution is -0.384. The first-order chi connectivity index (χ1) is 15.9. The summed E-state index contributed by atoms with van der Waals surface area (Å²) in [6.07, 6.45) is 1.95. The number of hydrogen-bond donors (Lipinski definition) is 3. The van der Waals surface area contributed by atoms with Crippen molar-refractivity contribution in [3.05, 3.63) is 98.6 Å². The number of carbonyl (C=O) groups is 2. The maximum absolute atomic E-state index is 12.7. The Bertz CT molecular complexity index is 1230. The molecule has 1 aliphatic rings. The molecule has 168 valence electrons. The molecule has 0 spiro atoms. The molecule has 33 heavy (non-hydrogen) atoms. The third-order valence-corrected chi connectivity index (χ3v) is 5.55. The van der Waals surface area contributed by atoms with Crippen LogP contribution in [-0.2, 0) is 6.54 Å². The van der Waals surface area contributed by atoms with Crippen LogP contribution in [0.25, 0.3) is 0 Å². The maximum Gasteiger partial charge on any atom is 0.293 e. The molecule has 3 aromatic rings. The van der Waals surface area contributed by atoms with E-state index in [1.165, 1.54) is 18.2 Å². The summed E-state index contributed by atoms with van der Waals surface area (Å²) >= 11 is 6.14. The molecular formula is C24H21ClN4O4. The Labute approximate surface area is 195 Å². The van der Waals surface area contributed by atoms with Crippen LogP contribution in [-0.4, -0.2) is 22.8 Å². The van der Waals surface area contributed by atoms with E-state index in [0.717, 1.165) is 18.4 Å². The molecule has 4 rings (SSSR count). The summed E-state index contributed by atoms with van der Waals surface area (Å²) in [5, 5.41) is 20.8. The molecule has 1 saturated carbocycles. The Morgan fingerprint density at radius 2 is 1.73 bits per heavy atom. The number of rotatable bonds is 8. The zero-order valence-electron chi connectivity index (χ0n) is 17.5. The van der Waals surface area contributed by atoms with Crippen molar-refractivity contribution in [2.75, 3.05) is 10.6 Å². The van der Waals surface area contributed by atoms with Gasteiger partial charge in [-0.15, -0.1) is 0 Å². The molecule has 0 atom stereocenters. The van der Waals surface area contributed by atoms with E-state index in [1.54, 1.807) is 36.4 Å². The van der Waals surface area contributed by atoms with Crippen LogP contribution in [0.2, 0.25) is 5.02 Å². The zero-order valence-corrected chi connectivity index (χ0v) is 18.3. The first-order valence-electron chi connectivity index (χ1n) is 10.4. The molecule has 3 N–H and O–H groups in total. The van der Waals surface area contributed by atoms with Crippen molar-refractivity contribution in [1.29, 1.82) is 0 Å². The standard InChI is InChI=1S/C24H21ClN4O4/c25-20-7-2-1-4-17(20)14-26-21-11-8-16(13-22(21)29(32)33)24(31)28-19-6-3-5-15(12-19)23(30)27-18-9-10-18/h1-8,11-13,18,26H,9-10,14H2,(H,27,30)(H,28,31). The van der Waals surface area contributed by atoms with Gasteiger partial charge in [0.1, 0.15) is 5.69 Å². The van der Waals surface area contributed by atoms with Gasteiger partial charge in [-0.3, -0.25) is 19.7 Å². The highest BCUT2D eigenvalue weighted by molar-refractivity contribution is 6.31. The highest BCUT2D eigenvalue weighted by atomic mass is 35.5. The van der Waals surface area contributed by atoms with Crippen LogP contribution in [0.3, 0.4) is 0 Å². The Hall–Kier alpha value is -3.91. The minimum Gasteiger partial charge on any atom is -0.375 e. The van der Waals surface area contributed by atoms with Crippen LogP contribution in [0.4, 0.5) is 17.1 Å². The Morgan fingerprint density at radius 3 is 2.45 bits per heavy atom. The van der Waals surface area contributed by atoms with Gasteiger partial charge >= 0.3 is 0 Å². The number of nitrogens with one attached hydrogen (secondary N) is 3. The number of nitrogens with zero attached hydrogens (tertiary/aromatic N) is 1. The van der Waals surface area contributed by atoms with E-state index in [9.17, 15) is 19.7 Å². The Balaban J connectivity index is 1.47. The number of carbonyl (C=O) groups excluding carboxylic acids is 2. The van der Waals surface area contributed by atoms with Gasteiger partial charge in [-0.1, -0.05) is 35.9 Å². The van der Waals surface area contributed by atoms with Gasteiger partial charge < -0.3 is 16.0 Å². The fraction of sp³-hybridized carbons (Fsp3) is 0.167. The van der Waals surface area contributed by atoms with E-state index in [4.69, 9.17) is 11.6 Å². The number of nitro groups is 1. The molecule has 0 aliphatic heterocycles. The fourth-order valence-electron chi connectivity index (χ4n) is 3.24. The summed E-state index contributed by atoms with van der Waals surface area (Å²) in [7, 11) is 0. The number of anilines is 2. The van der Waals surface area contributed by atoms with Crippen molar-refractivity contribution in [3.8, 4) is 0 Å². The largest absolute Gasteiger partial charge is 0.375 e. The Kier molecular flexibility index (Phi) is 6.55. The molecule has 0 saturated heterocycles. The lowest BCUT2D eigenvalue weighted by Crippen LogP contribution is -2.25. The number of benzene rings is 3. The molecule has 0 bridgehead atoms. The van der Waals surface area contributed by atoms with Crippen molar-refractivity contribution in [1.82, 2.24) is 5.32 Å². The van der Waals surface area contributed by atoms with Gasteiger partial charge in [0, 0.05) is 40.5 Å². The molecule has 0 heterocycles. The number of halogens is 1. The molecule has 8 nitrogen and oxygen atoms in total. The first kappa shape index (κ1) is 22.3. The maximum atomic E-state index is 12.7. The van der Waals surface area contributed by atoms with Gasteiger partial charge in [0.25, 0.3) is 17.5 Å². The van der Waals surface area contributed by atoms with Gasteiger partial charge in [0.15, 0.2) is 0 Å². The van der Waals surface area contributed by atoms with Crippen molar-refractivity contribution in [2.45, 2.75) is 25.4 Å². The SMILES string of the molecule is O=C(Nc1cccc(C(=O)NC2CC2)c1)c1ccc(NCc2ccccc2Cl)c([N+](=O)[O-])c1. The second-order valence-corrected chi connectivity index (χ2v) is 8.12. The van der Waals surface area contributed by atoms with Crippen LogP contribution in [0.1, 0.15) is 39.1 Å². The smallest absolute Gasteiger partial charge is 0.293 e. The minimum atomic E-state index is -0.547. The van der Waals surface area contributed by atoms with Crippen molar-refractivity contribution < 1.29 is 14.5 Å². The topological polar surface area (TPSA) is 113 Å². The van der Waals surface area contributed by atoms with E-state index in [0.29, 0.717) is 22.8 Å². The summed E-state index contributed by atoms with van der Waals surface area (Å²) in [5.74, 6) is -0.714. The van der Waals surface area contributed by atoms with Gasteiger partial charge in [-0.25, -0.2) is 0 Å². The lowest BCUT2D eigenvalue weighted by atomic mass is 10.1. The monoisotopic (exact) mass is 464 g/mol. The van der Waals surface area contributed by atoms with E-state index in [2.05, 4.69) is 16.0 Å². The van der Waals surface area contributed by atoms with Crippen molar-refractivity contribution in [3.63, 3.8) is 0 Å². The number of nitro benzene ring substituents is 1. The summed E-state index contributed by atoms with van der Waals surface area (Å²) in [5.41, 5.74) is 1.82. The summed E-state index contributed by atoms with van der Waals surface area (Å²) < 4.78 is 0. The van der Waals surface area contributed by atoms with Crippen LogP contribution < -0.4 is 16.0 Å². The van der Waals surface area contributed by atoms with Crippen molar-refractivity contribution in [2.24, 2.45) is 0 Å². The van der Waals surface area contributed by atoms with Gasteiger partial charge in [0.05, 0.1) is 4.92 Å². The van der Waals surface area contributed by atoms with E-state index in [-0.39, 0.29) is 28.9 Å². The number of amides is 2. The molecule has 0 aromatic heterocycles. The van der Waals surface area contributed by atoms with Crippen molar-refractivity contribution >= 4 is 40.5 Å². The van der Waals surface area contributed by atoms with Crippen LogP contribution in [0.5, 0.6) is 0 Å². The third-order valence-electron chi connectivity index (χ3n) is 5.18. The molecule has 2 amide bonds. The Morgan fingerprint density at radius 1 is 0.970 bits per heavy atom. The van der Waals surface area contributed by atoms with Gasteiger partial charge in [-0.05, 0) is 54.8 Å². The predicted octanol–water partition coefficient (Wildman–Crippen LogP) is 5.00. The van der Waals surface area contributed by atoms with Crippen LogP contribution >= 0.6 is 11.6 Å². The highest BCUT2D eigenvalue weighted by Crippen LogP contribution is 2.28. The quantitative estimate of drug-likeness (QED) is 0.320. The molecule has 0 radical (unpaired) electrons. The molecular weight excluding hydrogens is 444 g/mol. The fourth-order valence-corrected chi connectivity index (χ4v) is 3.45. The molecule has 3 aromatic carbocycles. The van der Waals surface area contributed by atoms with Crippen LogP contribution in [0.15, 0.2) is 66.7 Å². The minimum absolute atomic E-state index is 0.123. The average Bonchev–Trinajstić information content (AvgIpc) is 3.62. The zero-order chi connectivity index (χ0) is 23.4. The third kappa shape index (κ3) is 5.67. The first-order valence-corrected chi connectivity index (χ1v) is 10.8. The second-order valence-electron chi connectivity index (χ2n) is 7.72. The molecule has 1 aliphatic carbocycles. The van der Waals surface area contributed by atoms with Gasteiger partial charge in [-0.2, -0.15) is 0 Å². The summed E-state index contributed by atoms with van der Waals surface area (Å²) in [6, 6.07) is 18.2. The van der Waals surface area contributed by atoms with E-state index < -0.39 is 10.8 Å². The second kappa shape index (κ2) is 9.70.